The summed E-state index contributed by atoms with van der Waals surface area (Å²) in [5.41, 5.74) is 0.198. The Balaban J connectivity index is 2.31. The zero-order valence-corrected chi connectivity index (χ0v) is 10.5. The molecule has 1 aromatic carbocycles. The summed E-state index contributed by atoms with van der Waals surface area (Å²) in [6.07, 6.45) is 0.993. The van der Waals surface area contributed by atoms with Gasteiger partial charge in [0.25, 0.3) is 0 Å². The van der Waals surface area contributed by atoms with Gasteiger partial charge in [0.2, 0.25) is 0 Å². The molecule has 5 nitrogen and oxygen atoms in total. The van der Waals surface area contributed by atoms with E-state index in [1.54, 1.807) is 12.1 Å². The third kappa shape index (κ3) is 4.67. The van der Waals surface area contributed by atoms with Crippen molar-refractivity contribution in [2.45, 2.75) is 18.1 Å². The minimum atomic E-state index is -0.985. The van der Waals surface area contributed by atoms with Gasteiger partial charge in [-0.25, -0.2) is 4.79 Å². The predicted octanol–water partition coefficient (Wildman–Crippen LogP) is 1.93. The normalized spacial score (nSPS) is 11.8. The van der Waals surface area contributed by atoms with Gasteiger partial charge in [-0.1, -0.05) is 0 Å². The SMILES string of the molecule is O=C(O)c1ccc(OCCCC(S)C(=O)O)cc1. The number of aliphatic carboxylic acids is 1. The number of hydrogen-bond donors (Lipinski definition) is 3. The summed E-state index contributed by atoms with van der Waals surface area (Å²) < 4.78 is 5.35. The number of thiol groups is 1. The van der Waals surface area contributed by atoms with Crippen LogP contribution in [0, 0.1) is 0 Å². The van der Waals surface area contributed by atoms with Crippen molar-refractivity contribution in [1.29, 1.82) is 0 Å². The smallest absolute Gasteiger partial charge is 0.335 e. The highest BCUT2D eigenvalue weighted by molar-refractivity contribution is 7.81. The Hall–Kier alpha value is -1.69. The van der Waals surface area contributed by atoms with Crippen molar-refractivity contribution in [2.75, 3.05) is 6.61 Å². The highest BCUT2D eigenvalue weighted by Gasteiger charge is 2.10. The van der Waals surface area contributed by atoms with E-state index in [4.69, 9.17) is 14.9 Å². The summed E-state index contributed by atoms with van der Waals surface area (Å²) in [5.74, 6) is -1.36. The minimum Gasteiger partial charge on any atom is -0.494 e. The lowest BCUT2D eigenvalue weighted by Crippen LogP contribution is -2.14. The molecule has 6 heteroatoms. The lowest BCUT2D eigenvalue weighted by atomic mass is 10.2. The molecule has 0 heterocycles. The van der Waals surface area contributed by atoms with Gasteiger partial charge in [0.05, 0.1) is 17.4 Å². The van der Waals surface area contributed by atoms with Crippen LogP contribution >= 0.6 is 12.6 Å². The monoisotopic (exact) mass is 270 g/mol. The Kier molecular flexibility index (Phi) is 5.51. The van der Waals surface area contributed by atoms with Crippen LogP contribution in [0.5, 0.6) is 5.75 Å². The molecule has 0 saturated heterocycles. The summed E-state index contributed by atoms with van der Waals surface area (Å²) >= 11 is 3.90. The summed E-state index contributed by atoms with van der Waals surface area (Å²) in [5, 5.41) is 16.6. The molecule has 0 aliphatic rings. The zero-order chi connectivity index (χ0) is 13.5. The Morgan fingerprint density at radius 2 is 1.83 bits per heavy atom. The molecule has 0 aliphatic heterocycles. The average molecular weight is 270 g/mol. The zero-order valence-electron chi connectivity index (χ0n) is 9.57. The largest absolute Gasteiger partial charge is 0.494 e. The maximum absolute atomic E-state index is 10.6. The number of rotatable bonds is 7. The van der Waals surface area contributed by atoms with E-state index in [2.05, 4.69) is 12.6 Å². The fraction of sp³-hybridized carbons (Fsp3) is 0.333. The standard InChI is InChI=1S/C12H14O5S/c13-11(14)8-3-5-9(6-4-8)17-7-1-2-10(18)12(15)16/h3-6,10,18H,1-2,7H2,(H,13,14)(H,15,16). The van der Waals surface area contributed by atoms with Crippen molar-refractivity contribution in [3.05, 3.63) is 29.8 Å². The number of hydrogen-bond acceptors (Lipinski definition) is 4. The molecule has 0 radical (unpaired) electrons. The molecule has 98 valence electrons. The third-order valence-electron chi connectivity index (χ3n) is 2.28. The van der Waals surface area contributed by atoms with Gasteiger partial charge >= 0.3 is 11.9 Å². The van der Waals surface area contributed by atoms with Crippen molar-refractivity contribution in [3.63, 3.8) is 0 Å². The van der Waals surface area contributed by atoms with Gasteiger partial charge < -0.3 is 14.9 Å². The predicted molar refractivity (Wildman–Crippen MR) is 68.5 cm³/mol. The number of carboxylic acid groups (broad SMARTS) is 2. The number of aromatic carboxylic acids is 1. The summed E-state index contributed by atoms with van der Waals surface area (Å²) in [6, 6.07) is 6.05. The van der Waals surface area contributed by atoms with Crippen molar-refractivity contribution < 1.29 is 24.5 Å². The molecular formula is C12H14O5S. The first-order valence-corrected chi connectivity index (χ1v) is 5.89. The molecule has 0 aliphatic carbocycles. The van der Waals surface area contributed by atoms with Crippen molar-refractivity contribution >= 4 is 24.6 Å². The number of carbonyl (C=O) groups is 2. The van der Waals surface area contributed by atoms with E-state index >= 15 is 0 Å². The van der Waals surface area contributed by atoms with Crippen LogP contribution in [0.1, 0.15) is 23.2 Å². The lowest BCUT2D eigenvalue weighted by molar-refractivity contribution is -0.136. The molecule has 0 saturated carbocycles. The third-order valence-corrected chi connectivity index (χ3v) is 2.76. The van der Waals surface area contributed by atoms with Crippen LogP contribution in [0.25, 0.3) is 0 Å². The second kappa shape index (κ2) is 6.90. The molecule has 1 unspecified atom stereocenters. The van der Waals surface area contributed by atoms with Crippen LogP contribution < -0.4 is 4.74 Å². The van der Waals surface area contributed by atoms with Gasteiger partial charge in [0, 0.05) is 0 Å². The van der Waals surface area contributed by atoms with Crippen LogP contribution in [0.15, 0.2) is 24.3 Å². The molecule has 1 atom stereocenters. The molecule has 0 spiro atoms. The van der Waals surface area contributed by atoms with E-state index in [0.29, 0.717) is 25.2 Å². The second-order valence-electron chi connectivity index (χ2n) is 3.67. The van der Waals surface area contributed by atoms with Crippen molar-refractivity contribution in [2.24, 2.45) is 0 Å². The molecule has 0 bridgehead atoms. The summed E-state index contributed by atoms with van der Waals surface area (Å²) in [6.45, 7) is 0.372. The van der Waals surface area contributed by atoms with Crippen molar-refractivity contribution in [3.8, 4) is 5.75 Å². The molecule has 0 amide bonds. The number of ether oxygens (including phenoxy) is 1. The van der Waals surface area contributed by atoms with Crippen LogP contribution in [0.3, 0.4) is 0 Å². The van der Waals surface area contributed by atoms with Crippen molar-refractivity contribution in [1.82, 2.24) is 0 Å². The highest BCUT2D eigenvalue weighted by atomic mass is 32.1. The maximum atomic E-state index is 10.6. The first kappa shape index (κ1) is 14.4. The quantitative estimate of drug-likeness (QED) is 0.521. The van der Waals surface area contributed by atoms with Crippen LogP contribution in [0.4, 0.5) is 0 Å². The van der Waals surface area contributed by atoms with E-state index in [1.165, 1.54) is 12.1 Å². The van der Waals surface area contributed by atoms with E-state index in [-0.39, 0.29) is 5.56 Å². The Bertz CT molecular complexity index is 415. The van der Waals surface area contributed by atoms with Crippen LogP contribution in [-0.4, -0.2) is 34.0 Å². The molecule has 1 rings (SSSR count). The lowest BCUT2D eigenvalue weighted by Gasteiger charge is -2.07. The fourth-order valence-corrected chi connectivity index (χ4v) is 1.47. The summed E-state index contributed by atoms with van der Waals surface area (Å²) in [7, 11) is 0. The van der Waals surface area contributed by atoms with Crippen LogP contribution in [-0.2, 0) is 4.79 Å². The topological polar surface area (TPSA) is 83.8 Å². The van der Waals surface area contributed by atoms with Gasteiger partial charge in [-0.2, -0.15) is 12.6 Å². The number of benzene rings is 1. The molecule has 18 heavy (non-hydrogen) atoms. The maximum Gasteiger partial charge on any atom is 0.335 e. The number of carboxylic acids is 2. The van der Waals surface area contributed by atoms with Gasteiger partial charge in [0.15, 0.2) is 0 Å². The van der Waals surface area contributed by atoms with E-state index < -0.39 is 17.2 Å². The molecule has 1 aromatic rings. The van der Waals surface area contributed by atoms with E-state index in [0.717, 1.165) is 0 Å². The van der Waals surface area contributed by atoms with Crippen LogP contribution in [0.2, 0.25) is 0 Å². The Morgan fingerprint density at radius 3 is 2.33 bits per heavy atom. The van der Waals surface area contributed by atoms with E-state index in [9.17, 15) is 9.59 Å². The molecule has 0 fully saturated rings. The fourth-order valence-electron chi connectivity index (χ4n) is 1.28. The molecule has 0 aromatic heterocycles. The second-order valence-corrected chi connectivity index (χ2v) is 4.30. The Labute approximate surface area is 110 Å². The molecule has 2 N–H and O–H groups in total. The Morgan fingerprint density at radius 1 is 1.22 bits per heavy atom. The highest BCUT2D eigenvalue weighted by Crippen LogP contribution is 2.13. The molecular weight excluding hydrogens is 256 g/mol. The van der Waals surface area contributed by atoms with E-state index in [1.807, 2.05) is 0 Å². The average Bonchev–Trinajstić information content (AvgIpc) is 2.34. The minimum absolute atomic E-state index is 0.198. The van der Waals surface area contributed by atoms with Gasteiger partial charge in [-0.05, 0) is 37.1 Å². The first-order valence-electron chi connectivity index (χ1n) is 5.37. The van der Waals surface area contributed by atoms with Gasteiger partial charge in [0.1, 0.15) is 5.75 Å². The summed E-state index contributed by atoms with van der Waals surface area (Å²) in [4.78, 5) is 21.1. The van der Waals surface area contributed by atoms with Gasteiger partial charge in [-0.3, -0.25) is 4.79 Å². The first-order chi connectivity index (χ1) is 8.50. The van der Waals surface area contributed by atoms with Gasteiger partial charge in [-0.15, -0.1) is 0 Å².